The molecule has 3 N–H and O–H groups in total. The summed E-state index contributed by atoms with van der Waals surface area (Å²) < 4.78 is 28.2. The van der Waals surface area contributed by atoms with Crippen LogP contribution in [0.4, 0.5) is 30.9 Å². The van der Waals surface area contributed by atoms with E-state index in [0.717, 1.165) is 18.6 Å². The number of halogens is 2. The van der Waals surface area contributed by atoms with E-state index in [0.29, 0.717) is 46.9 Å². The van der Waals surface area contributed by atoms with Crippen LogP contribution in [0.3, 0.4) is 0 Å². The van der Waals surface area contributed by atoms with E-state index in [1.165, 1.54) is 12.3 Å². The zero-order valence-corrected chi connectivity index (χ0v) is 16.8. The SMILES string of the molecule is O=C(Nc1cnc2[nH]nc(N3CCC[C@@H]3c3cc(F)ccc3F)c2c1)Nc1ccccn1. The van der Waals surface area contributed by atoms with Gasteiger partial charge in [0, 0.05) is 18.3 Å². The fourth-order valence-corrected chi connectivity index (χ4v) is 4.01. The molecule has 1 aromatic carbocycles. The van der Waals surface area contributed by atoms with Crippen molar-refractivity contribution in [2.75, 3.05) is 22.1 Å². The smallest absolute Gasteiger partial charge is 0.324 e. The Morgan fingerprint density at radius 2 is 2.03 bits per heavy atom. The molecule has 1 fully saturated rings. The number of aromatic amines is 1. The Bertz CT molecular complexity index is 1280. The van der Waals surface area contributed by atoms with Crippen molar-refractivity contribution in [2.24, 2.45) is 0 Å². The number of carbonyl (C=O) groups is 1. The molecule has 0 unspecified atom stereocenters. The average molecular weight is 435 g/mol. The molecule has 10 heteroatoms. The van der Waals surface area contributed by atoms with Crippen LogP contribution in [0.2, 0.25) is 0 Å². The standard InChI is InChI=1S/C22H19F2N7O/c23-13-6-7-17(24)15(10-13)18-4-3-9-31(18)21-16-11-14(12-26-20(16)29-30-21)27-22(32)28-19-5-1-2-8-25-19/h1-2,5-8,10-12,18H,3-4,9H2,(H,26,29,30)(H2,25,27,28,32)/t18-/m1/s1. The summed E-state index contributed by atoms with van der Waals surface area (Å²) in [7, 11) is 0. The minimum atomic E-state index is -0.479. The van der Waals surface area contributed by atoms with E-state index in [1.54, 1.807) is 30.5 Å². The van der Waals surface area contributed by atoms with Crippen LogP contribution in [0.5, 0.6) is 0 Å². The second kappa shape index (κ2) is 8.22. The Kier molecular flexibility index (Phi) is 5.10. The number of fused-ring (bicyclic) bond motifs is 1. The first-order chi connectivity index (χ1) is 15.6. The first kappa shape index (κ1) is 19.9. The highest BCUT2D eigenvalue weighted by Crippen LogP contribution is 2.39. The Hall–Kier alpha value is -4.08. The quantitative estimate of drug-likeness (QED) is 0.435. The van der Waals surface area contributed by atoms with Crippen LogP contribution in [0.15, 0.2) is 54.9 Å². The van der Waals surface area contributed by atoms with Crippen molar-refractivity contribution in [3.63, 3.8) is 0 Å². The zero-order valence-electron chi connectivity index (χ0n) is 16.8. The van der Waals surface area contributed by atoms with Gasteiger partial charge >= 0.3 is 6.03 Å². The molecule has 1 saturated heterocycles. The number of carbonyl (C=O) groups excluding carboxylic acids is 1. The molecule has 0 saturated carbocycles. The van der Waals surface area contributed by atoms with Gasteiger partial charge in [-0.2, -0.15) is 5.10 Å². The predicted molar refractivity (Wildman–Crippen MR) is 116 cm³/mol. The van der Waals surface area contributed by atoms with Gasteiger partial charge in [0.1, 0.15) is 17.5 Å². The molecule has 1 aliphatic rings. The summed E-state index contributed by atoms with van der Waals surface area (Å²) in [6, 6.07) is 9.63. The van der Waals surface area contributed by atoms with Crippen molar-refractivity contribution in [3.8, 4) is 0 Å². The summed E-state index contributed by atoms with van der Waals surface area (Å²) in [6.45, 7) is 0.637. The fourth-order valence-electron chi connectivity index (χ4n) is 4.01. The van der Waals surface area contributed by atoms with E-state index in [-0.39, 0.29) is 6.04 Å². The second-order valence-electron chi connectivity index (χ2n) is 7.48. The highest BCUT2D eigenvalue weighted by Gasteiger charge is 2.31. The normalized spacial score (nSPS) is 15.8. The van der Waals surface area contributed by atoms with Crippen molar-refractivity contribution < 1.29 is 13.6 Å². The van der Waals surface area contributed by atoms with E-state index >= 15 is 0 Å². The van der Waals surface area contributed by atoms with Gasteiger partial charge in [0.25, 0.3) is 0 Å². The summed E-state index contributed by atoms with van der Waals surface area (Å²) in [5, 5.41) is 13.3. The molecule has 3 aromatic heterocycles. The van der Waals surface area contributed by atoms with Crippen molar-refractivity contribution >= 4 is 34.4 Å². The molecule has 4 aromatic rings. The van der Waals surface area contributed by atoms with Crippen molar-refractivity contribution in [2.45, 2.75) is 18.9 Å². The van der Waals surface area contributed by atoms with Gasteiger partial charge in [-0.25, -0.2) is 23.5 Å². The predicted octanol–water partition coefficient (Wildman–Crippen LogP) is 4.62. The number of hydrogen-bond donors (Lipinski definition) is 3. The first-order valence-electron chi connectivity index (χ1n) is 10.1. The Labute approximate surface area is 181 Å². The lowest BCUT2D eigenvalue weighted by Gasteiger charge is -2.25. The number of rotatable bonds is 4. The lowest BCUT2D eigenvalue weighted by atomic mass is 10.0. The molecule has 32 heavy (non-hydrogen) atoms. The number of anilines is 3. The van der Waals surface area contributed by atoms with Gasteiger partial charge in [-0.15, -0.1) is 0 Å². The fraction of sp³-hybridized carbons (Fsp3) is 0.182. The van der Waals surface area contributed by atoms with Gasteiger partial charge in [0.15, 0.2) is 11.5 Å². The molecular weight excluding hydrogens is 416 g/mol. The minimum Gasteiger partial charge on any atom is -0.347 e. The summed E-state index contributed by atoms with van der Waals surface area (Å²) >= 11 is 0. The molecule has 1 atom stereocenters. The Morgan fingerprint density at radius 3 is 2.88 bits per heavy atom. The van der Waals surface area contributed by atoms with Crippen LogP contribution >= 0.6 is 0 Å². The molecule has 0 aliphatic carbocycles. The summed E-state index contributed by atoms with van der Waals surface area (Å²) in [5.41, 5.74) is 1.29. The van der Waals surface area contributed by atoms with E-state index < -0.39 is 17.7 Å². The third kappa shape index (κ3) is 3.82. The Morgan fingerprint density at radius 1 is 1.12 bits per heavy atom. The third-order valence-electron chi connectivity index (χ3n) is 5.40. The van der Waals surface area contributed by atoms with E-state index in [2.05, 4.69) is 30.8 Å². The van der Waals surface area contributed by atoms with Gasteiger partial charge in [0.2, 0.25) is 0 Å². The van der Waals surface area contributed by atoms with Crippen LogP contribution in [-0.4, -0.2) is 32.7 Å². The molecular formula is C22H19F2N7O. The van der Waals surface area contributed by atoms with Crippen LogP contribution in [0, 0.1) is 11.6 Å². The lowest BCUT2D eigenvalue weighted by molar-refractivity contribution is 0.262. The second-order valence-corrected chi connectivity index (χ2v) is 7.48. The van der Waals surface area contributed by atoms with Gasteiger partial charge < -0.3 is 10.2 Å². The van der Waals surface area contributed by atoms with Crippen molar-refractivity contribution in [1.29, 1.82) is 0 Å². The molecule has 8 nitrogen and oxygen atoms in total. The van der Waals surface area contributed by atoms with E-state index in [4.69, 9.17) is 0 Å². The summed E-state index contributed by atoms with van der Waals surface area (Å²) in [5.74, 6) is 0.0644. The van der Waals surface area contributed by atoms with Gasteiger partial charge in [-0.05, 0) is 49.2 Å². The van der Waals surface area contributed by atoms with Crippen molar-refractivity contribution in [3.05, 3.63) is 72.1 Å². The Balaban J connectivity index is 1.42. The number of nitrogens with zero attached hydrogens (tertiary/aromatic N) is 4. The highest BCUT2D eigenvalue weighted by atomic mass is 19.1. The van der Waals surface area contributed by atoms with Gasteiger partial charge in [-0.3, -0.25) is 10.4 Å². The van der Waals surface area contributed by atoms with Crippen LogP contribution in [0.1, 0.15) is 24.4 Å². The lowest BCUT2D eigenvalue weighted by Crippen LogP contribution is -2.24. The third-order valence-corrected chi connectivity index (χ3v) is 5.40. The molecule has 0 spiro atoms. The number of nitrogens with one attached hydrogen (secondary N) is 3. The maximum Gasteiger partial charge on any atom is 0.324 e. The monoisotopic (exact) mass is 435 g/mol. The molecule has 5 rings (SSSR count). The molecule has 162 valence electrons. The molecule has 1 aliphatic heterocycles. The number of H-pyrrole nitrogens is 1. The van der Waals surface area contributed by atoms with Crippen LogP contribution in [-0.2, 0) is 0 Å². The highest BCUT2D eigenvalue weighted by molar-refractivity contribution is 6.01. The van der Waals surface area contributed by atoms with E-state index in [9.17, 15) is 13.6 Å². The first-order valence-corrected chi connectivity index (χ1v) is 10.1. The number of aromatic nitrogens is 4. The largest absolute Gasteiger partial charge is 0.347 e. The number of benzene rings is 1. The molecule has 0 bridgehead atoms. The maximum absolute atomic E-state index is 14.4. The van der Waals surface area contributed by atoms with E-state index in [1.807, 2.05) is 4.90 Å². The van der Waals surface area contributed by atoms with Crippen LogP contribution in [0.25, 0.3) is 11.0 Å². The minimum absolute atomic E-state index is 0.302. The molecule has 2 amide bonds. The number of hydrogen-bond acceptors (Lipinski definition) is 5. The maximum atomic E-state index is 14.4. The average Bonchev–Trinajstić information content (AvgIpc) is 3.42. The topological polar surface area (TPSA) is 98.8 Å². The molecule has 4 heterocycles. The number of pyridine rings is 2. The summed E-state index contributed by atoms with van der Waals surface area (Å²) in [6.07, 6.45) is 4.57. The molecule has 0 radical (unpaired) electrons. The van der Waals surface area contributed by atoms with Crippen molar-refractivity contribution in [1.82, 2.24) is 20.2 Å². The van der Waals surface area contributed by atoms with Gasteiger partial charge in [-0.1, -0.05) is 6.07 Å². The van der Waals surface area contributed by atoms with Crippen LogP contribution < -0.4 is 15.5 Å². The number of urea groups is 1. The summed E-state index contributed by atoms with van der Waals surface area (Å²) in [4.78, 5) is 22.6. The number of amides is 2. The van der Waals surface area contributed by atoms with Gasteiger partial charge in [0.05, 0.1) is 23.3 Å². The zero-order chi connectivity index (χ0) is 22.1.